The highest BCUT2D eigenvalue weighted by Crippen LogP contribution is 2.33. The van der Waals surface area contributed by atoms with Gasteiger partial charge in [0.15, 0.2) is 0 Å². The lowest BCUT2D eigenvalue weighted by atomic mass is 9.91. The standard InChI is InChI=1S/C15H22N2OS/c1-10-5-7-16-13(9-10)15(18)17-12-3-2-4-14-11(12)6-8-19-14/h6,8,10,12-13,16H,2-5,7,9H2,1H3,(H,17,18). The van der Waals surface area contributed by atoms with E-state index >= 15 is 0 Å². The lowest BCUT2D eigenvalue weighted by Crippen LogP contribution is -2.49. The normalized spacial score (nSPS) is 30.7. The Hall–Kier alpha value is -0.870. The molecule has 3 atom stereocenters. The van der Waals surface area contributed by atoms with Crippen LogP contribution in [0.4, 0.5) is 0 Å². The maximum absolute atomic E-state index is 12.4. The van der Waals surface area contributed by atoms with E-state index in [0.717, 1.165) is 19.4 Å². The van der Waals surface area contributed by atoms with Gasteiger partial charge in [-0.1, -0.05) is 6.92 Å². The summed E-state index contributed by atoms with van der Waals surface area (Å²) in [5, 5.41) is 8.75. The Kier molecular flexibility index (Phi) is 3.89. The predicted octanol–water partition coefficient (Wildman–Crippen LogP) is 2.63. The molecular weight excluding hydrogens is 256 g/mol. The van der Waals surface area contributed by atoms with Gasteiger partial charge < -0.3 is 10.6 Å². The van der Waals surface area contributed by atoms with Gasteiger partial charge in [-0.3, -0.25) is 4.79 Å². The van der Waals surface area contributed by atoms with Gasteiger partial charge in [0.2, 0.25) is 5.91 Å². The fourth-order valence-electron chi connectivity index (χ4n) is 3.22. The SMILES string of the molecule is CC1CCNC(C(=O)NC2CCCc3sccc32)C1. The van der Waals surface area contributed by atoms with Crippen molar-refractivity contribution in [1.29, 1.82) is 0 Å². The lowest BCUT2D eigenvalue weighted by molar-refractivity contribution is -0.124. The van der Waals surface area contributed by atoms with Crippen LogP contribution in [-0.2, 0) is 11.2 Å². The molecule has 1 aliphatic carbocycles. The second-order valence-electron chi connectivity index (χ2n) is 5.89. The quantitative estimate of drug-likeness (QED) is 0.873. The van der Waals surface area contributed by atoms with Gasteiger partial charge in [0.1, 0.15) is 0 Å². The maximum atomic E-state index is 12.4. The molecule has 1 aromatic rings. The van der Waals surface area contributed by atoms with Crippen molar-refractivity contribution in [3.05, 3.63) is 21.9 Å². The number of fused-ring (bicyclic) bond motifs is 1. The molecule has 4 heteroatoms. The Morgan fingerprint density at radius 2 is 2.37 bits per heavy atom. The maximum Gasteiger partial charge on any atom is 0.237 e. The Balaban J connectivity index is 1.64. The molecule has 0 spiro atoms. The van der Waals surface area contributed by atoms with Crippen molar-refractivity contribution < 1.29 is 4.79 Å². The second kappa shape index (κ2) is 5.63. The smallest absolute Gasteiger partial charge is 0.237 e. The average Bonchev–Trinajstić information content (AvgIpc) is 2.88. The van der Waals surface area contributed by atoms with Crippen molar-refractivity contribution >= 4 is 17.2 Å². The van der Waals surface area contributed by atoms with E-state index < -0.39 is 0 Å². The van der Waals surface area contributed by atoms with Crippen molar-refractivity contribution in [2.24, 2.45) is 5.92 Å². The fraction of sp³-hybridized carbons (Fsp3) is 0.667. The Morgan fingerprint density at radius 1 is 1.47 bits per heavy atom. The van der Waals surface area contributed by atoms with Gasteiger partial charge in [-0.25, -0.2) is 0 Å². The van der Waals surface area contributed by atoms with Crippen LogP contribution in [0.3, 0.4) is 0 Å². The van der Waals surface area contributed by atoms with Crippen molar-refractivity contribution in [3.8, 4) is 0 Å². The number of rotatable bonds is 2. The van der Waals surface area contributed by atoms with Crippen LogP contribution in [0.1, 0.15) is 49.1 Å². The number of hydrogen-bond acceptors (Lipinski definition) is 3. The number of carbonyl (C=O) groups is 1. The summed E-state index contributed by atoms with van der Waals surface area (Å²) in [7, 11) is 0. The van der Waals surface area contributed by atoms with Crippen LogP contribution in [0.5, 0.6) is 0 Å². The minimum absolute atomic E-state index is 0.00719. The molecule has 1 fully saturated rings. The first-order valence-electron chi connectivity index (χ1n) is 7.34. The molecule has 0 aromatic carbocycles. The molecule has 1 aromatic heterocycles. The third-order valence-electron chi connectivity index (χ3n) is 4.35. The van der Waals surface area contributed by atoms with Crippen LogP contribution < -0.4 is 10.6 Å². The molecule has 2 N–H and O–H groups in total. The van der Waals surface area contributed by atoms with E-state index in [0.29, 0.717) is 5.92 Å². The molecule has 0 bridgehead atoms. The van der Waals surface area contributed by atoms with E-state index in [1.165, 1.54) is 29.7 Å². The molecule has 2 aliphatic rings. The zero-order valence-corrected chi connectivity index (χ0v) is 12.3. The van der Waals surface area contributed by atoms with Gasteiger partial charge in [-0.15, -0.1) is 11.3 Å². The Bertz CT molecular complexity index is 457. The monoisotopic (exact) mass is 278 g/mol. The van der Waals surface area contributed by atoms with Gasteiger partial charge in [0, 0.05) is 4.88 Å². The summed E-state index contributed by atoms with van der Waals surface area (Å²) in [5.41, 5.74) is 1.36. The molecule has 19 heavy (non-hydrogen) atoms. The minimum atomic E-state index is 0.00719. The average molecular weight is 278 g/mol. The second-order valence-corrected chi connectivity index (χ2v) is 6.89. The first-order valence-corrected chi connectivity index (χ1v) is 8.22. The number of amides is 1. The van der Waals surface area contributed by atoms with Crippen LogP contribution in [0.15, 0.2) is 11.4 Å². The number of hydrogen-bond donors (Lipinski definition) is 2. The summed E-state index contributed by atoms with van der Waals surface area (Å²) in [6.07, 6.45) is 5.60. The molecule has 3 nitrogen and oxygen atoms in total. The van der Waals surface area contributed by atoms with Crippen LogP contribution in [-0.4, -0.2) is 18.5 Å². The molecule has 1 saturated heterocycles. The van der Waals surface area contributed by atoms with E-state index in [-0.39, 0.29) is 18.0 Å². The molecule has 104 valence electrons. The topological polar surface area (TPSA) is 41.1 Å². The van der Waals surface area contributed by atoms with E-state index in [9.17, 15) is 4.79 Å². The summed E-state index contributed by atoms with van der Waals surface area (Å²) in [6.45, 7) is 3.20. The molecule has 0 saturated carbocycles. The predicted molar refractivity (Wildman–Crippen MR) is 78.3 cm³/mol. The summed E-state index contributed by atoms with van der Waals surface area (Å²) >= 11 is 1.83. The largest absolute Gasteiger partial charge is 0.348 e. The summed E-state index contributed by atoms with van der Waals surface area (Å²) in [6, 6.07) is 2.43. The zero-order valence-electron chi connectivity index (χ0n) is 11.4. The van der Waals surface area contributed by atoms with Gasteiger partial charge in [0.25, 0.3) is 0 Å². The highest BCUT2D eigenvalue weighted by Gasteiger charge is 2.28. The highest BCUT2D eigenvalue weighted by molar-refractivity contribution is 7.10. The number of thiophene rings is 1. The summed E-state index contributed by atoms with van der Waals surface area (Å²) < 4.78 is 0. The molecule has 2 heterocycles. The number of nitrogens with one attached hydrogen (secondary N) is 2. The van der Waals surface area contributed by atoms with E-state index in [1.54, 1.807) is 0 Å². The van der Waals surface area contributed by atoms with Crippen LogP contribution in [0.25, 0.3) is 0 Å². The van der Waals surface area contributed by atoms with E-state index in [1.807, 2.05) is 11.3 Å². The van der Waals surface area contributed by atoms with Crippen LogP contribution >= 0.6 is 11.3 Å². The zero-order chi connectivity index (χ0) is 13.2. The van der Waals surface area contributed by atoms with E-state index in [2.05, 4.69) is 29.0 Å². The third kappa shape index (κ3) is 2.84. The van der Waals surface area contributed by atoms with Crippen molar-refractivity contribution in [2.75, 3.05) is 6.54 Å². The first kappa shape index (κ1) is 13.1. The molecule has 0 radical (unpaired) electrons. The van der Waals surface area contributed by atoms with Gasteiger partial charge >= 0.3 is 0 Å². The third-order valence-corrected chi connectivity index (χ3v) is 5.35. The molecule has 3 rings (SSSR count). The molecular formula is C15H22N2OS. The van der Waals surface area contributed by atoms with Crippen molar-refractivity contribution in [3.63, 3.8) is 0 Å². The molecule has 1 amide bonds. The number of aryl methyl sites for hydroxylation is 1. The summed E-state index contributed by atoms with van der Waals surface area (Å²) in [4.78, 5) is 13.8. The lowest BCUT2D eigenvalue weighted by Gasteiger charge is -2.30. The van der Waals surface area contributed by atoms with Crippen molar-refractivity contribution in [1.82, 2.24) is 10.6 Å². The van der Waals surface area contributed by atoms with Crippen molar-refractivity contribution in [2.45, 2.75) is 51.1 Å². The van der Waals surface area contributed by atoms with Gasteiger partial charge in [0.05, 0.1) is 12.1 Å². The van der Waals surface area contributed by atoms with Crippen LogP contribution in [0, 0.1) is 5.92 Å². The number of carbonyl (C=O) groups excluding carboxylic acids is 1. The Morgan fingerprint density at radius 3 is 3.21 bits per heavy atom. The molecule has 1 aliphatic heterocycles. The van der Waals surface area contributed by atoms with Gasteiger partial charge in [-0.05, 0) is 61.6 Å². The minimum Gasteiger partial charge on any atom is -0.348 e. The summed E-state index contributed by atoms with van der Waals surface area (Å²) in [5.74, 6) is 0.843. The van der Waals surface area contributed by atoms with Crippen LogP contribution in [0.2, 0.25) is 0 Å². The number of piperidine rings is 1. The van der Waals surface area contributed by atoms with E-state index in [4.69, 9.17) is 0 Å². The Labute approximate surface area is 118 Å². The highest BCUT2D eigenvalue weighted by atomic mass is 32.1. The van der Waals surface area contributed by atoms with Gasteiger partial charge in [-0.2, -0.15) is 0 Å². The fourth-order valence-corrected chi connectivity index (χ4v) is 4.20. The molecule has 3 unspecified atom stereocenters. The first-order chi connectivity index (χ1) is 9.24.